The summed E-state index contributed by atoms with van der Waals surface area (Å²) in [4.78, 5) is 24.8. The number of hydrogen-bond acceptors (Lipinski definition) is 4. The van der Waals surface area contributed by atoms with Crippen LogP contribution in [-0.2, 0) is 16.1 Å². The largest absolute Gasteiger partial charge is 0.443 e. The number of amides is 1. The third-order valence-electron chi connectivity index (χ3n) is 3.69. The summed E-state index contributed by atoms with van der Waals surface area (Å²) in [7, 11) is 0. The zero-order chi connectivity index (χ0) is 14.8. The van der Waals surface area contributed by atoms with Crippen molar-refractivity contribution in [2.45, 2.75) is 31.2 Å². The van der Waals surface area contributed by atoms with Gasteiger partial charge in [-0.1, -0.05) is 36.4 Å². The summed E-state index contributed by atoms with van der Waals surface area (Å²) in [6.07, 6.45) is -0.744. The molecule has 106 valence electrons. The second-order valence-electron chi connectivity index (χ2n) is 4.78. The van der Waals surface area contributed by atoms with E-state index >= 15 is 0 Å². The number of aliphatic hydroxyl groups is 1. The summed E-state index contributed by atoms with van der Waals surface area (Å²) in [5.74, 6) is 0. The molecule has 1 aliphatic heterocycles. The quantitative estimate of drug-likeness (QED) is 0.653. The van der Waals surface area contributed by atoms with E-state index in [0.717, 1.165) is 5.56 Å². The van der Waals surface area contributed by atoms with E-state index < -0.39 is 23.8 Å². The minimum atomic E-state index is -1.44. The molecule has 1 aliphatic rings. The van der Waals surface area contributed by atoms with Crippen molar-refractivity contribution >= 4 is 12.4 Å². The first-order chi connectivity index (χ1) is 9.56. The molecule has 0 saturated carbocycles. The summed E-state index contributed by atoms with van der Waals surface area (Å²) in [6, 6.07) is 9.22. The van der Waals surface area contributed by atoms with Gasteiger partial charge in [-0.05, 0) is 12.5 Å². The van der Waals surface area contributed by atoms with E-state index in [-0.39, 0.29) is 6.54 Å². The summed E-state index contributed by atoms with van der Waals surface area (Å²) < 4.78 is 5.12. The zero-order valence-electron chi connectivity index (χ0n) is 11.2. The van der Waals surface area contributed by atoms with E-state index in [9.17, 15) is 14.7 Å². The van der Waals surface area contributed by atoms with Crippen LogP contribution >= 0.6 is 0 Å². The molecule has 1 aromatic rings. The molecular formula is C15H17NO4. The van der Waals surface area contributed by atoms with Crippen LogP contribution in [0.25, 0.3) is 0 Å². The highest BCUT2D eigenvalue weighted by Gasteiger charge is 2.56. The lowest BCUT2D eigenvalue weighted by Gasteiger charge is -2.35. The van der Waals surface area contributed by atoms with Crippen molar-refractivity contribution in [3.8, 4) is 0 Å². The van der Waals surface area contributed by atoms with Crippen molar-refractivity contribution in [2.75, 3.05) is 0 Å². The van der Waals surface area contributed by atoms with Crippen LogP contribution in [-0.4, -0.2) is 40.1 Å². The average Bonchev–Trinajstić information content (AvgIpc) is 2.71. The predicted molar refractivity (Wildman–Crippen MR) is 72.9 cm³/mol. The first-order valence-corrected chi connectivity index (χ1v) is 6.35. The number of carbonyl (C=O) groups is 2. The van der Waals surface area contributed by atoms with Gasteiger partial charge in [-0.15, -0.1) is 6.58 Å². The molecule has 1 N–H and O–H groups in total. The Labute approximate surface area is 117 Å². The number of hydrogen-bond donors (Lipinski definition) is 1. The third-order valence-corrected chi connectivity index (χ3v) is 3.69. The van der Waals surface area contributed by atoms with Crippen LogP contribution in [0, 0.1) is 0 Å². The molecule has 1 heterocycles. The lowest BCUT2D eigenvalue weighted by atomic mass is 9.87. The smallest absolute Gasteiger partial charge is 0.411 e. The van der Waals surface area contributed by atoms with Crippen molar-refractivity contribution in [3.05, 3.63) is 48.6 Å². The summed E-state index contributed by atoms with van der Waals surface area (Å²) in [5.41, 5.74) is -0.588. The van der Waals surface area contributed by atoms with Gasteiger partial charge in [0.25, 0.3) is 0 Å². The van der Waals surface area contributed by atoms with Crippen LogP contribution in [0.5, 0.6) is 0 Å². The average molecular weight is 275 g/mol. The number of aldehydes is 1. The van der Waals surface area contributed by atoms with Crippen molar-refractivity contribution < 1.29 is 19.4 Å². The van der Waals surface area contributed by atoms with Crippen LogP contribution in [0.2, 0.25) is 0 Å². The fourth-order valence-electron chi connectivity index (χ4n) is 2.47. The Kier molecular flexibility index (Phi) is 3.90. The van der Waals surface area contributed by atoms with E-state index in [1.165, 1.54) is 11.0 Å². The van der Waals surface area contributed by atoms with Gasteiger partial charge in [0.2, 0.25) is 0 Å². The lowest BCUT2D eigenvalue weighted by molar-refractivity contribution is -0.123. The molecule has 0 aliphatic carbocycles. The molecule has 0 unspecified atom stereocenters. The predicted octanol–water partition coefficient (Wildman–Crippen LogP) is 1.51. The van der Waals surface area contributed by atoms with Crippen molar-refractivity contribution in [1.82, 2.24) is 4.90 Å². The minimum Gasteiger partial charge on any atom is -0.443 e. The first-order valence-electron chi connectivity index (χ1n) is 6.35. The van der Waals surface area contributed by atoms with Crippen molar-refractivity contribution in [1.29, 1.82) is 0 Å². The molecular weight excluding hydrogens is 258 g/mol. The number of ether oxygens (including phenoxy) is 1. The Morgan fingerprint density at radius 3 is 2.70 bits per heavy atom. The van der Waals surface area contributed by atoms with Gasteiger partial charge in [0.15, 0.2) is 11.8 Å². The number of aliphatic hydroxyl groups excluding tert-OH is 1. The van der Waals surface area contributed by atoms with Crippen molar-refractivity contribution in [2.24, 2.45) is 0 Å². The van der Waals surface area contributed by atoms with Gasteiger partial charge in [0.05, 0.1) is 6.54 Å². The molecule has 1 aromatic carbocycles. The Morgan fingerprint density at radius 1 is 1.50 bits per heavy atom. The fraction of sp³-hybridized carbons (Fsp3) is 0.333. The van der Waals surface area contributed by atoms with Gasteiger partial charge >= 0.3 is 6.09 Å². The van der Waals surface area contributed by atoms with Crippen molar-refractivity contribution in [3.63, 3.8) is 0 Å². The number of cyclic esters (lactones) is 1. The van der Waals surface area contributed by atoms with E-state index in [2.05, 4.69) is 6.58 Å². The third kappa shape index (κ3) is 2.10. The molecule has 1 fully saturated rings. The molecule has 0 radical (unpaired) electrons. The van der Waals surface area contributed by atoms with E-state index in [1.54, 1.807) is 6.92 Å². The molecule has 5 nitrogen and oxygen atoms in total. The van der Waals surface area contributed by atoms with Crippen LogP contribution in [0.15, 0.2) is 43.0 Å². The van der Waals surface area contributed by atoms with E-state index in [4.69, 9.17) is 4.74 Å². The first kappa shape index (κ1) is 14.3. The Hall–Kier alpha value is -2.14. The maximum atomic E-state index is 12.0. The highest BCUT2D eigenvalue weighted by Crippen LogP contribution is 2.34. The zero-order valence-corrected chi connectivity index (χ0v) is 11.2. The molecule has 1 amide bonds. The molecule has 2 rings (SSSR count). The lowest BCUT2D eigenvalue weighted by Crippen LogP contribution is -2.59. The van der Waals surface area contributed by atoms with Gasteiger partial charge < -0.3 is 14.6 Å². The highest BCUT2D eigenvalue weighted by molar-refractivity contribution is 5.82. The van der Waals surface area contributed by atoms with Gasteiger partial charge in [-0.25, -0.2) is 4.79 Å². The number of rotatable bonds is 5. The van der Waals surface area contributed by atoms with Crippen LogP contribution < -0.4 is 0 Å². The van der Waals surface area contributed by atoms with Gasteiger partial charge in [-0.2, -0.15) is 0 Å². The molecule has 0 bridgehead atoms. The van der Waals surface area contributed by atoms with Crippen LogP contribution in [0.3, 0.4) is 0 Å². The summed E-state index contributed by atoms with van der Waals surface area (Å²) in [5, 5.41) is 10.1. The van der Waals surface area contributed by atoms with E-state index in [0.29, 0.717) is 6.29 Å². The number of benzene rings is 1. The normalized spacial score (nSPS) is 27.0. The number of nitrogens with zero attached hydrogens (tertiary/aromatic N) is 1. The standard InChI is InChI=1S/C15H17NO4/c1-3-13(18)15(10-17)11(2)20-14(19)16(15)9-12-7-5-4-6-8-12/h3-8,10-11,13,18H,1,9H2,2H3/t11-,13+,15-/m0/s1. The fourth-order valence-corrected chi connectivity index (χ4v) is 2.47. The SMILES string of the molecule is C=C[C@@H](O)[C@]1(C=O)[C@H](C)OC(=O)N1Cc1ccccc1. The molecule has 20 heavy (non-hydrogen) atoms. The van der Waals surface area contributed by atoms with Gasteiger partial charge in [0.1, 0.15) is 12.2 Å². The maximum Gasteiger partial charge on any atom is 0.411 e. The molecule has 0 aromatic heterocycles. The second-order valence-corrected chi connectivity index (χ2v) is 4.78. The second kappa shape index (κ2) is 5.46. The maximum absolute atomic E-state index is 12.0. The monoisotopic (exact) mass is 275 g/mol. The highest BCUT2D eigenvalue weighted by atomic mass is 16.6. The molecule has 0 spiro atoms. The van der Waals surface area contributed by atoms with Crippen LogP contribution in [0.1, 0.15) is 12.5 Å². The summed E-state index contributed by atoms with van der Waals surface area (Å²) in [6.45, 7) is 5.27. The Bertz CT molecular complexity index is 516. The van der Waals surface area contributed by atoms with Crippen LogP contribution in [0.4, 0.5) is 4.79 Å². The van der Waals surface area contributed by atoms with Gasteiger partial charge in [-0.3, -0.25) is 4.90 Å². The summed E-state index contributed by atoms with van der Waals surface area (Å²) >= 11 is 0. The molecule has 3 atom stereocenters. The Balaban J connectivity index is 2.39. The number of carbonyl (C=O) groups excluding carboxylic acids is 2. The molecule has 1 saturated heterocycles. The van der Waals surface area contributed by atoms with E-state index in [1.807, 2.05) is 30.3 Å². The minimum absolute atomic E-state index is 0.188. The Morgan fingerprint density at radius 2 is 2.15 bits per heavy atom. The molecule has 5 heteroatoms. The van der Waals surface area contributed by atoms with Gasteiger partial charge in [0, 0.05) is 0 Å². The topological polar surface area (TPSA) is 66.8 Å².